The molecule has 3 N–H and O–H groups in total. The Morgan fingerprint density at radius 3 is 2.62 bits per heavy atom. The topological polar surface area (TPSA) is 102 Å². The molecular formula is C17H21N3O4. The molecule has 0 aromatic heterocycles. The van der Waals surface area contributed by atoms with Crippen LogP contribution in [0.3, 0.4) is 0 Å². The first-order chi connectivity index (χ1) is 11.6. The van der Waals surface area contributed by atoms with Gasteiger partial charge in [0.15, 0.2) is 0 Å². The van der Waals surface area contributed by atoms with Crippen molar-refractivity contribution in [1.29, 1.82) is 0 Å². The molecule has 0 unspecified atom stereocenters. The van der Waals surface area contributed by atoms with Crippen molar-refractivity contribution < 1.29 is 19.8 Å². The number of rotatable bonds is 3. The Kier molecular flexibility index (Phi) is 4.92. The summed E-state index contributed by atoms with van der Waals surface area (Å²) in [4.78, 5) is 24.5. The fraction of sp³-hybridized carbons (Fsp3) is 0.471. The highest BCUT2D eigenvalue weighted by Gasteiger charge is 2.34. The number of carbonyl (C=O) groups excluding carboxylic acids is 2. The van der Waals surface area contributed by atoms with Crippen molar-refractivity contribution in [1.82, 2.24) is 5.32 Å². The Bertz CT molecular complexity index is 646. The fourth-order valence-corrected chi connectivity index (χ4v) is 3.06. The molecule has 1 fully saturated rings. The molecule has 1 aromatic rings. The van der Waals surface area contributed by atoms with E-state index in [1.54, 1.807) is 24.3 Å². The summed E-state index contributed by atoms with van der Waals surface area (Å²) in [5.74, 6) is -0.743. The van der Waals surface area contributed by atoms with Crippen LogP contribution in [0, 0.1) is 0 Å². The van der Waals surface area contributed by atoms with Crippen LogP contribution in [-0.4, -0.2) is 46.0 Å². The largest absolute Gasteiger partial charge is 0.390 e. The summed E-state index contributed by atoms with van der Waals surface area (Å²) in [6.07, 6.45) is 0.825. The van der Waals surface area contributed by atoms with Crippen LogP contribution in [0.4, 0.5) is 5.69 Å². The van der Waals surface area contributed by atoms with Gasteiger partial charge in [-0.05, 0) is 25.0 Å². The second-order valence-electron chi connectivity index (χ2n) is 6.19. The van der Waals surface area contributed by atoms with Crippen molar-refractivity contribution in [3.8, 4) is 0 Å². The van der Waals surface area contributed by atoms with E-state index in [4.69, 9.17) is 0 Å². The first-order valence-corrected chi connectivity index (χ1v) is 8.19. The number of hydrogen-bond donors (Lipinski definition) is 3. The van der Waals surface area contributed by atoms with Crippen LogP contribution in [0.25, 0.3) is 0 Å². The number of benzene rings is 1. The molecule has 1 aliphatic heterocycles. The number of aliphatic hydroxyl groups excluding tert-OH is 2. The number of nitrogens with one attached hydrogen (secondary N) is 1. The summed E-state index contributed by atoms with van der Waals surface area (Å²) in [5, 5.41) is 28.0. The quantitative estimate of drug-likeness (QED) is 0.704. The minimum Gasteiger partial charge on any atom is -0.390 e. The highest BCUT2D eigenvalue weighted by atomic mass is 16.3. The molecule has 0 spiro atoms. The third-order valence-corrected chi connectivity index (χ3v) is 4.43. The molecule has 1 heterocycles. The first kappa shape index (κ1) is 16.6. The third-order valence-electron chi connectivity index (χ3n) is 4.43. The highest BCUT2D eigenvalue weighted by Crippen LogP contribution is 2.21. The molecule has 1 aliphatic carbocycles. The van der Waals surface area contributed by atoms with Crippen molar-refractivity contribution in [3.63, 3.8) is 0 Å². The smallest absolute Gasteiger partial charge is 0.268 e. The predicted molar refractivity (Wildman–Crippen MR) is 88.4 cm³/mol. The molecule has 2 amide bonds. The molecule has 0 radical (unpaired) electrons. The molecule has 3 rings (SSSR count). The lowest BCUT2D eigenvalue weighted by Gasteiger charge is -2.24. The molecule has 7 nitrogen and oxygen atoms in total. The van der Waals surface area contributed by atoms with E-state index in [0.29, 0.717) is 18.5 Å². The van der Waals surface area contributed by atoms with Gasteiger partial charge in [0, 0.05) is 0 Å². The van der Waals surface area contributed by atoms with Crippen molar-refractivity contribution in [2.24, 2.45) is 5.10 Å². The number of hydrogen-bond acceptors (Lipinski definition) is 5. The van der Waals surface area contributed by atoms with Crippen molar-refractivity contribution in [2.45, 2.75) is 50.4 Å². The number of para-hydroxylation sites is 1. The van der Waals surface area contributed by atoms with E-state index >= 15 is 0 Å². The summed E-state index contributed by atoms with van der Waals surface area (Å²) in [6, 6.07) is 8.37. The zero-order valence-corrected chi connectivity index (χ0v) is 13.3. The Balaban J connectivity index is 1.70. The van der Waals surface area contributed by atoms with E-state index in [0.717, 1.165) is 12.8 Å². The first-order valence-electron chi connectivity index (χ1n) is 8.19. The Morgan fingerprint density at radius 2 is 1.88 bits per heavy atom. The van der Waals surface area contributed by atoms with E-state index in [2.05, 4.69) is 10.4 Å². The van der Waals surface area contributed by atoms with E-state index in [-0.39, 0.29) is 18.0 Å². The lowest BCUT2D eigenvalue weighted by Crippen LogP contribution is -2.49. The lowest BCUT2D eigenvalue weighted by atomic mass is 10.0. The average molecular weight is 331 g/mol. The molecule has 7 heteroatoms. The van der Waals surface area contributed by atoms with Crippen LogP contribution < -0.4 is 10.3 Å². The lowest BCUT2D eigenvalue weighted by molar-refractivity contribution is -0.119. The highest BCUT2D eigenvalue weighted by molar-refractivity contribution is 6.44. The minimum absolute atomic E-state index is 0.0773. The fourth-order valence-electron chi connectivity index (χ4n) is 3.06. The van der Waals surface area contributed by atoms with Crippen LogP contribution in [-0.2, 0) is 9.59 Å². The van der Waals surface area contributed by atoms with Gasteiger partial charge in [0.2, 0.25) is 0 Å². The van der Waals surface area contributed by atoms with E-state index < -0.39 is 24.2 Å². The maximum atomic E-state index is 12.4. The monoisotopic (exact) mass is 331 g/mol. The van der Waals surface area contributed by atoms with Gasteiger partial charge >= 0.3 is 0 Å². The number of anilines is 1. The third kappa shape index (κ3) is 3.47. The second-order valence-corrected chi connectivity index (χ2v) is 6.19. The second kappa shape index (κ2) is 7.11. The van der Waals surface area contributed by atoms with Crippen LogP contribution in [0.15, 0.2) is 35.4 Å². The van der Waals surface area contributed by atoms with Gasteiger partial charge in [-0.25, -0.2) is 0 Å². The molecule has 0 bridgehead atoms. The normalized spacial score (nSPS) is 27.6. The predicted octanol–water partition coefficient (Wildman–Crippen LogP) is 0.560. The van der Waals surface area contributed by atoms with Crippen LogP contribution >= 0.6 is 0 Å². The Hall–Kier alpha value is -2.25. The van der Waals surface area contributed by atoms with Crippen molar-refractivity contribution >= 4 is 23.2 Å². The van der Waals surface area contributed by atoms with Gasteiger partial charge in [0.1, 0.15) is 5.71 Å². The number of amides is 2. The average Bonchev–Trinajstić information content (AvgIpc) is 2.92. The van der Waals surface area contributed by atoms with Crippen LogP contribution in [0.5, 0.6) is 0 Å². The summed E-state index contributed by atoms with van der Waals surface area (Å²) in [6.45, 7) is 0. The van der Waals surface area contributed by atoms with Gasteiger partial charge in [0.25, 0.3) is 11.8 Å². The summed E-state index contributed by atoms with van der Waals surface area (Å²) < 4.78 is 0. The van der Waals surface area contributed by atoms with Crippen LogP contribution in [0.1, 0.15) is 32.1 Å². The minimum atomic E-state index is -1.00. The molecule has 3 atom stereocenters. The maximum Gasteiger partial charge on any atom is 0.268 e. The van der Waals surface area contributed by atoms with Crippen molar-refractivity contribution in [2.75, 3.05) is 5.01 Å². The Morgan fingerprint density at radius 1 is 1.17 bits per heavy atom. The number of nitrogens with zero attached hydrogens (tertiary/aromatic N) is 2. The molecular weight excluding hydrogens is 310 g/mol. The SMILES string of the molecule is O=C(N[C@@H]1CCCC[C@@H](O)[C@@H]1O)C1=NN(c2ccccc2)C(=O)C1. The molecule has 1 saturated carbocycles. The van der Waals surface area contributed by atoms with E-state index in [9.17, 15) is 19.8 Å². The van der Waals surface area contributed by atoms with Gasteiger partial charge in [-0.1, -0.05) is 31.0 Å². The van der Waals surface area contributed by atoms with Crippen molar-refractivity contribution in [3.05, 3.63) is 30.3 Å². The Labute approximate surface area is 140 Å². The maximum absolute atomic E-state index is 12.4. The number of carbonyl (C=O) groups is 2. The number of aliphatic hydroxyl groups is 2. The van der Waals surface area contributed by atoms with Gasteiger partial charge in [0.05, 0.1) is 30.4 Å². The molecule has 128 valence electrons. The zero-order valence-electron chi connectivity index (χ0n) is 13.3. The summed E-state index contributed by atoms with van der Waals surface area (Å²) in [7, 11) is 0. The summed E-state index contributed by atoms with van der Waals surface area (Å²) >= 11 is 0. The van der Waals surface area contributed by atoms with E-state index in [1.165, 1.54) is 5.01 Å². The summed E-state index contributed by atoms with van der Waals surface area (Å²) in [5.41, 5.74) is 0.727. The molecule has 1 aromatic carbocycles. The number of hydrazone groups is 1. The molecule has 2 aliphatic rings. The van der Waals surface area contributed by atoms with Gasteiger partial charge in [-0.3, -0.25) is 9.59 Å². The standard InChI is InChI=1S/C17H21N3O4/c21-14-9-5-4-8-12(16(14)23)18-17(24)13-10-15(22)20(19-13)11-6-2-1-3-7-11/h1-3,6-7,12,14,16,21,23H,4-5,8-10H2,(H,18,24)/t12-,14-,16-/m1/s1. The van der Waals surface area contributed by atoms with Gasteiger partial charge in [-0.2, -0.15) is 10.1 Å². The zero-order chi connectivity index (χ0) is 17.1. The molecule has 0 saturated heterocycles. The van der Waals surface area contributed by atoms with Gasteiger partial charge in [-0.15, -0.1) is 0 Å². The molecule has 24 heavy (non-hydrogen) atoms. The van der Waals surface area contributed by atoms with Gasteiger partial charge < -0.3 is 15.5 Å². The van der Waals surface area contributed by atoms with Crippen LogP contribution in [0.2, 0.25) is 0 Å². The van der Waals surface area contributed by atoms with E-state index in [1.807, 2.05) is 6.07 Å².